The Morgan fingerprint density at radius 3 is 2.39 bits per heavy atom. The summed E-state index contributed by atoms with van der Waals surface area (Å²) in [5, 5.41) is 6.32. The van der Waals surface area contributed by atoms with Crippen molar-refractivity contribution in [1.29, 1.82) is 0 Å². The Bertz CT molecular complexity index is 1430. The Labute approximate surface area is 294 Å². The normalized spacial score (nSPS) is 18.2. The van der Waals surface area contributed by atoms with Gasteiger partial charge in [0.2, 0.25) is 11.8 Å². The van der Waals surface area contributed by atoms with Crippen molar-refractivity contribution < 1.29 is 33.4 Å². The third kappa shape index (κ3) is 11.8. The maximum Gasteiger partial charge on any atom is 0.410 e. The molecule has 2 N–H and O–H groups in total. The molecule has 4 rings (SSSR count). The maximum absolute atomic E-state index is 14.0. The Morgan fingerprint density at radius 2 is 1.71 bits per heavy atom. The summed E-state index contributed by atoms with van der Waals surface area (Å²) in [4.78, 5) is 68.3. The largest absolute Gasteiger partial charge is 0.445 e. The molecule has 2 aromatic carbocycles. The molecule has 11 nitrogen and oxygen atoms in total. The first-order valence-electron chi connectivity index (χ1n) is 17.2. The van der Waals surface area contributed by atoms with Crippen LogP contribution in [0.1, 0.15) is 89.3 Å². The fourth-order valence-corrected chi connectivity index (χ4v) is 6.70. The van der Waals surface area contributed by atoms with Crippen LogP contribution in [0.25, 0.3) is 0 Å². The molecule has 1 heterocycles. The van der Waals surface area contributed by atoms with Crippen LogP contribution in [0.2, 0.25) is 5.02 Å². The molecular formula is C37H49ClN4O7. The summed E-state index contributed by atoms with van der Waals surface area (Å²) < 4.78 is 11.1. The van der Waals surface area contributed by atoms with Crippen LogP contribution in [0, 0.1) is 5.92 Å². The van der Waals surface area contributed by atoms with Crippen LogP contribution < -0.4 is 10.6 Å². The van der Waals surface area contributed by atoms with Crippen molar-refractivity contribution in [3.8, 4) is 0 Å². The van der Waals surface area contributed by atoms with Gasteiger partial charge in [-0.25, -0.2) is 9.59 Å². The monoisotopic (exact) mass is 696 g/mol. The van der Waals surface area contributed by atoms with Gasteiger partial charge in [0, 0.05) is 43.5 Å². The fourth-order valence-electron chi connectivity index (χ4n) is 6.49. The SMILES string of the molecule is CC(C)(C)OC(=O)N1CCN(C(=O)C(CCC=O)NC(=O)CC(NC(=O)OCc2cccc(Cl)c2)C2CCCCC2)CC1c1ccccc1. The average molecular weight is 697 g/mol. The minimum absolute atomic E-state index is 0.0312. The van der Waals surface area contributed by atoms with E-state index in [0.29, 0.717) is 5.02 Å². The minimum Gasteiger partial charge on any atom is -0.445 e. The van der Waals surface area contributed by atoms with Crippen LogP contribution in [0.3, 0.4) is 0 Å². The summed E-state index contributed by atoms with van der Waals surface area (Å²) in [5.41, 5.74) is 0.905. The standard InChI is InChI=1S/C37H49ClN4O7/c1-37(2,3)49-36(47)42-20-19-41(24-32(42)28-15-8-5-9-16-28)34(45)30(18-11-21-43)39-33(44)23-31(27-13-6-4-7-14-27)40-35(46)48-25-26-12-10-17-29(38)22-26/h5,8-10,12,15-17,21-22,27,30-32H,4,6-7,11,13-14,18-20,23-25H2,1-3H3,(H,39,44)(H,40,46). The van der Waals surface area contributed by atoms with Gasteiger partial charge in [0.05, 0.1) is 6.04 Å². The number of nitrogens with one attached hydrogen (secondary N) is 2. The van der Waals surface area contributed by atoms with Crippen molar-refractivity contribution in [2.75, 3.05) is 19.6 Å². The summed E-state index contributed by atoms with van der Waals surface area (Å²) in [7, 11) is 0. The van der Waals surface area contributed by atoms with Gasteiger partial charge in [0.15, 0.2) is 0 Å². The van der Waals surface area contributed by atoms with Gasteiger partial charge >= 0.3 is 12.2 Å². The second kappa shape index (κ2) is 18.0. The lowest BCUT2D eigenvalue weighted by molar-refractivity contribution is -0.139. The third-order valence-corrected chi connectivity index (χ3v) is 9.13. The molecular weight excluding hydrogens is 648 g/mol. The zero-order chi connectivity index (χ0) is 35.4. The minimum atomic E-state index is -0.955. The first kappa shape index (κ1) is 37.7. The zero-order valence-corrected chi connectivity index (χ0v) is 29.5. The predicted molar refractivity (Wildman–Crippen MR) is 186 cm³/mol. The molecule has 0 spiro atoms. The van der Waals surface area contributed by atoms with Crippen LogP contribution >= 0.6 is 11.6 Å². The van der Waals surface area contributed by atoms with Gasteiger partial charge in [0.1, 0.15) is 24.5 Å². The molecule has 2 aliphatic rings. The van der Waals surface area contributed by atoms with E-state index in [-0.39, 0.29) is 57.3 Å². The van der Waals surface area contributed by atoms with E-state index in [9.17, 15) is 24.0 Å². The number of carbonyl (C=O) groups is 5. The number of rotatable bonds is 12. The number of nitrogens with zero attached hydrogens (tertiary/aromatic N) is 2. The lowest BCUT2D eigenvalue weighted by atomic mass is 9.82. The van der Waals surface area contributed by atoms with Crippen molar-refractivity contribution in [2.24, 2.45) is 5.92 Å². The number of aldehydes is 1. The van der Waals surface area contributed by atoms with E-state index in [1.807, 2.05) is 30.3 Å². The molecule has 0 bridgehead atoms. The highest BCUT2D eigenvalue weighted by atomic mass is 35.5. The molecule has 49 heavy (non-hydrogen) atoms. The Hall–Kier alpha value is -4.12. The van der Waals surface area contributed by atoms with Crippen LogP contribution in [0.15, 0.2) is 54.6 Å². The first-order valence-corrected chi connectivity index (χ1v) is 17.6. The molecule has 266 valence electrons. The molecule has 12 heteroatoms. The molecule has 3 unspecified atom stereocenters. The third-order valence-electron chi connectivity index (χ3n) is 8.90. The number of amides is 4. The van der Waals surface area contributed by atoms with E-state index < -0.39 is 41.8 Å². The molecule has 2 fully saturated rings. The maximum atomic E-state index is 14.0. The molecule has 1 saturated carbocycles. The quantitative estimate of drug-likeness (QED) is 0.253. The molecule has 0 aromatic heterocycles. The van der Waals surface area contributed by atoms with Gasteiger partial charge in [-0.1, -0.05) is 73.3 Å². The number of benzene rings is 2. The number of piperazine rings is 1. The smallest absolute Gasteiger partial charge is 0.410 e. The molecule has 2 aromatic rings. The molecule has 1 aliphatic heterocycles. The second-order valence-electron chi connectivity index (χ2n) is 13.8. The molecule has 3 atom stereocenters. The van der Waals surface area contributed by atoms with Crippen molar-refractivity contribution in [2.45, 2.75) is 102 Å². The fraction of sp³-hybridized carbons (Fsp3) is 0.541. The van der Waals surface area contributed by atoms with Crippen LogP contribution in [-0.4, -0.2) is 77.4 Å². The van der Waals surface area contributed by atoms with Gasteiger partial charge < -0.3 is 29.8 Å². The van der Waals surface area contributed by atoms with Gasteiger partial charge in [-0.05, 0) is 69.2 Å². The number of hydrogen-bond donors (Lipinski definition) is 2. The molecule has 4 amide bonds. The van der Waals surface area contributed by atoms with Gasteiger partial charge in [0.25, 0.3) is 0 Å². The highest BCUT2D eigenvalue weighted by molar-refractivity contribution is 6.30. The number of carbonyl (C=O) groups excluding carboxylic acids is 5. The average Bonchev–Trinajstić information content (AvgIpc) is 3.08. The highest BCUT2D eigenvalue weighted by Crippen LogP contribution is 2.30. The topological polar surface area (TPSA) is 134 Å². The number of ether oxygens (including phenoxy) is 2. The summed E-state index contributed by atoms with van der Waals surface area (Å²) in [6.45, 7) is 6.12. The summed E-state index contributed by atoms with van der Waals surface area (Å²) >= 11 is 6.06. The number of halogens is 1. The first-order chi connectivity index (χ1) is 23.4. The van der Waals surface area contributed by atoms with E-state index in [1.165, 1.54) is 0 Å². The van der Waals surface area contributed by atoms with Crippen LogP contribution in [0.5, 0.6) is 0 Å². The molecule has 1 aliphatic carbocycles. The van der Waals surface area contributed by atoms with E-state index in [2.05, 4.69) is 10.6 Å². The zero-order valence-electron chi connectivity index (χ0n) is 28.7. The summed E-state index contributed by atoms with van der Waals surface area (Å²) in [6, 6.07) is 14.6. The summed E-state index contributed by atoms with van der Waals surface area (Å²) in [6.07, 6.45) is 4.62. The van der Waals surface area contributed by atoms with E-state index in [4.69, 9.17) is 21.1 Å². The molecule has 0 radical (unpaired) electrons. The van der Waals surface area contributed by atoms with E-state index >= 15 is 0 Å². The van der Waals surface area contributed by atoms with Crippen molar-refractivity contribution >= 4 is 41.9 Å². The van der Waals surface area contributed by atoms with Crippen molar-refractivity contribution in [3.63, 3.8) is 0 Å². The Morgan fingerprint density at radius 1 is 0.980 bits per heavy atom. The van der Waals surface area contributed by atoms with Crippen LogP contribution in [0.4, 0.5) is 9.59 Å². The Kier molecular flexibility index (Phi) is 13.9. The summed E-state index contributed by atoms with van der Waals surface area (Å²) in [5.74, 6) is -0.653. The van der Waals surface area contributed by atoms with Crippen LogP contribution in [-0.2, 0) is 30.5 Å². The number of hydrogen-bond acceptors (Lipinski definition) is 7. The van der Waals surface area contributed by atoms with Gasteiger partial charge in [-0.3, -0.25) is 14.5 Å². The lowest BCUT2D eigenvalue weighted by Gasteiger charge is -2.42. The molecule has 1 saturated heterocycles. The second-order valence-corrected chi connectivity index (χ2v) is 14.2. The van der Waals surface area contributed by atoms with Crippen molar-refractivity contribution in [1.82, 2.24) is 20.4 Å². The van der Waals surface area contributed by atoms with E-state index in [1.54, 1.807) is 54.8 Å². The van der Waals surface area contributed by atoms with Gasteiger partial charge in [-0.2, -0.15) is 0 Å². The lowest BCUT2D eigenvalue weighted by Crippen LogP contribution is -2.57. The van der Waals surface area contributed by atoms with Gasteiger partial charge in [-0.15, -0.1) is 0 Å². The predicted octanol–water partition coefficient (Wildman–Crippen LogP) is 6.19. The number of alkyl carbamates (subject to hydrolysis) is 1. The van der Waals surface area contributed by atoms with Crippen molar-refractivity contribution in [3.05, 3.63) is 70.7 Å². The Balaban J connectivity index is 1.44. The van der Waals surface area contributed by atoms with E-state index in [0.717, 1.165) is 49.5 Å². The highest BCUT2D eigenvalue weighted by Gasteiger charge is 2.38.